The van der Waals surface area contributed by atoms with Crippen LogP contribution >= 0.6 is 0 Å². The number of halogens is 12. The third kappa shape index (κ3) is 7.42. The smallest absolute Gasteiger partial charge is 0.387 e. The summed E-state index contributed by atoms with van der Waals surface area (Å²) in [5.41, 5.74) is -10.7. The maximum atomic E-state index is 13.0. The zero-order chi connectivity index (χ0) is 27.1. The Kier molecular flexibility index (Phi) is 9.43. The van der Waals surface area contributed by atoms with E-state index >= 15 is 0 Å². The summed E-state index contributed by atoms with van der Waals surface area (Å²) in [4.78, 5) is 2.37. The minimum Gasteiger partial charge on any atom is -0.387 e. The topological polar surface area (TPSA) is 77.1 Å². The van der Waals surface area contributed by atoms with E-state index in [1.807, 2.05) is 0 Å². The predicted octanol–water partition coefficient (Wildman–Crippen LogP) is 6.06. The monoisotopic (exact) mass is 706 g/mol. The first-order valence-corrected chi connectivity index (χ1v) is 8.87. The van der Waals surface area contributed by atoms with E-state index in [-0.39, 0.29) is 56.2 Å². The molecule has 17 heteroatoms. The number of aromatic nitrogens is 1. The summed E-state index contributed by atoms with van der Waals surface area (Å²) in [5, 5.41) is 29.8. The zero-order valence-corrected chi connectivity index (χ0v) is 20.5. The van der Waals surface area contributed by atoms with Crippen LogP contribution in [0.1, 0.15) is 45.8 Å². The van der Waals surface area contributed by atoms with Gasteiger partial charge in [-0.25, -0.2) is 4.98 Å². The van der Waals surface area contributed by atoms with E-state index in [1.54, 1.807) is 0 Å². The van der Waals surface area contributed by atoms with Gasteiger partial charge in [0.15, 0.2) is 0 Å². The minimum absolute atomic E-state index is 0. The first-order valence-electron chi connectivity index (χ1n) is 8.87. The minimum atomic E-state index is -5.47. The average molecular weight is 705 g/mol. The molecule has 0 amide bonds. The van der Waals surface area contributed by atoms with Crippen molar-refractivity contribution in [3.05, 3.63) is 64.0 Å². The molecule has 0 aliphatic carbocycles. The molecule has 0 radical (unpaired) electrons. The fourth-order valence-electron chi connectivity index (χ4n) is 2.89. The normalized spacial score (nSPS) is 15.5. The molecule has 3 unspecified atom stereocenters. The summed E-state index contributed by atoms with van der Waals surface area (Å²) >= 11 is 0. The van der Waals surface area contributed by atoms with E-state index < -0.39 is 76.5 Å². The second-order valence-electron chi connectivity index (χ2n) is 7.05. The molecule has 1 aromatic heterocycles. The van der Waals surface area contributed by atoms with Gasteiger partial charge in [0.25, 0.3) is 0 Å². The van der Waals surface area contributed by atoms with Gasteiger partial charge in [-0.3, -0.25) is 0 Å². The molecule has 3 atom stereocenters. The van der Waals surface area contributed by atoms with Crippen molar-refractivity contribution in [2.24, 2.45) is 5.92 Å². The van der Waals surface area contributed by atoms with Gasteiger partial charge < -0.3 is 10.2 Å². The Morgan fingerprint density at radius 3 is 1.22 bits per heavy atom. The number of aliphatic hydroxyl groups is 2. The molecule has 0 aliphatic heterocycles. The van der Waals surface area contributed by atoms with E-state index in [2.05, 4.69) is 4.98 Å². The molecule has 1 heterocycles. The van der Waals surface area contributed by atoms with Gasteiger partial charge in [-0.05, 0) is 41.5 Å². The third-order valence-corrected chi connectivity index (χ3v) is 4.55. The molecule has 196 valence electrons. The summed E-state index contributed by atoms with van der Waals surface area (Å²) in [7, 11) is 0. The number of aliphatic hydroxyl groups excluding tert-OH is 2. The maximum Gasteiger partial charge on any atom is 0.433 e. The van der Waals surface area contributed by atoms with Crippen LogP contribution in [0.5, 0.6) is 0 Å². The Morgan fingerprint density at radius 2 is 0.944 bits per heavy atom. The van der Waals surface area contributed by atoms with E-state index in [4.69, 9.17) is 0 Å². The van der Waals surface area contributed by atoms with Gasteiger partial charge >= 0.3 is 24.7 Å². The maximum absolute atomic E-state index is 13.0. The molecule has 0 bridgehead atoms. The van der Waals surface area contributed by atoms with Crippen molar-refractivity contribution in [1.82, 2.24) is 4.98 Å². The zero-order valence-electron chi connectivity index (χ0n) is 16.9. The molecule has 2 aromatic rings. The fourth-order valence-corrected chi connectivity index (χ4v) is 2.89. The largest absolute Gasteiger partial charge is 0.433 e. The molecule has 4 nitrogen and oxygen atoms in total. The van der Waals surface area contributed by atoms with Gasteiger partial charge in [0.2, 0.25) is 0 Å². The van der Waals surface area contributed by atoms with Crippen LogP contribution < -0.4 is 0 Å². The van der Waals surface area contributed by atoms with Crippen molar-refractivity contribution < 1.29 is 88.7 Å². The van der Waals surface area contributed by atoms with Crippen LogP contribution in [0.2, 0.25) is 0 Å². The molecule has 36 heavy (non-hydrogen) atoms. The number of rotatable bonds is 4. The Balaban J connectivity index is 0.00000648. The standard InChI is InChI=1S/C19H10F12N2O2.Hf/c20-16(21,22)9-1-7(2-10(5-9)17(23,24)25)14(34)11(6-32)15(35)8-3-12(18(26,27)28)33-13(4-8)19(29,30)31;/h1-5,11,14-15,34-35H;. The SMILES string of the molecule is N#CC(C(O)c1cc(C(F)(F)F)cc(C(F)(F)F)c1)C(O)c1cc(C(F)(F)F)nc(C(F)(F)F)c1.[Hf]. The molecule has 2 N–H and O–H groups in total. The molecule has 0 fully saturated rings. The number of nitrogens with zero attached hydrogens (tertiary/aromatic N) is 2. The van der Waals surface area contributed by atoms with Crippen molar-refractivity contribution in [2.75, 3.05) is 0 Å². The van der Waals surface area contributed by atoms with Crippen LogP contribution in [0.25, 0.3) is 0 Å². The van der Waals surface area contributed by atoms with Crippen LogP contribution in [0, 0.1) is 17.2 Å². The first-order chi connectivity index (χ1) is 15.7. The van der Waals surface area contributed by atoms with Crippen molar-refractivity contribution in [3.8, 4) is 6.07 Å². The summed E-state index contributed by atoms with van der Waals surface area (Å²) in [6, 6.07) is 0.539. The second-order valence-corrected chi connectivity index (χ2v) is 7.05. The number of hydrogen-bond donors (Lipinski definition) is 2. The number of alkyl halides is 12. The van der Waals surface area contributed by atoms with Crippen LogP contribution in [-0.2, 0) is 50.5 Å². The fraction of sp³-hybridized carbons (Fsp3) is 0.368. The van der Waals surface area contributed by atoms with Crippen LogP contribution in [0.4, 0.5) is 52.7 Å². The van der Waals surface area contributed by atoms with Gasteiger partial charge in [0, 0.05) is 25.8 Å². The van der Waals surface area contributed by atoms with Gasteiger partial charge in [0.05, 0.1) is 29.4 Å². The van der Waals surface area contributed by atoms with E-state index in [9.17, 15) is 68.2 Å². The van der Waals surface area contributed by atoms with Crippen molar-refractivity contribution >= 4 is 0 Å². The summed E-state index contributed by atoms with van der Waals surface area (Å²) in [6.45, 7) is 0. The number of nitriles is 1. The van der Waals surface area contributed by atoms with Crippen molar-refractivity contribution in [3.63, 3.8) is 0 Å². The summed E-state index contributed by atoms with van der Waals surface area (Å²) in [5.74, 6) is -2.50. The van der Waals surface area contributed by atoms with E-state index in [0.29, 0.717) is 0 Å². The molecule has 2 rings (SSSR count). The van der Waals surface area contributed by atoms with E-state index in [0.717, 1.165) is 6.07 Å². The Labute approximate surface area is 212 Å². The third-order valence-electron chi connectivity index (χ3n) is 4.55. The molecular weight excluding hydrogens is 695 g/mol. The quantitative estimate of drug-likeness (QED) is 0.300. The molecule has 1 aromatic carbocycles. The van der Waals surface area contributed by atoms with Crippen LogP contribution in [0.3, 0.4) is 0 Å². The van der Waals surface area contributed by atoms with Gasteiger partial charge in [-0.15, -0.1) is 0 Å². The van der Waals surface area contributed by atoms with Gasteiger partial charge in [-0.2, -0.15) is 57.9 Å². The van der Waals surface area contributed by atoms with E-state index in [1.165, 1.54) is 0 Å². The molecule has 0 spiro atoms. The Hall–Kier alpha value is -2.19. The molecule has 0 saturated heterocycles. The second kappa shape index (κ2) is 10.7. The molecular formula is C19H10F12HfN2O2. The molecule has 0 aliphatic rings. The van der Waals surface area contributed by atoms with Crippen molar-refractivity contribution in [1.29, 1.82) is 5.26 Å². The Bertz CT molecular complexity index is 974. The number of hydrogen-bond acceptors (Lipinski definition) is 4. The van der Waals surface area contributed by atoms with Gasteiger partial charge in [-0.1, -0.05) is 0 Å². The summed E-state index contributed by atoms with van der Waals surface area (Å²) in [6.07, 6.45) is -27.1. The number of benzene rings is 1. The summed E-state index contributed by atoms with van der Waals surface area (Å²) < 4.78 is 156. The van der Waals surface area contributed by atoms with Gasteiger partial charge in [0.1, 0.15) is 17.3 Å². The Morgan fingerprint density at radius 1 is 0.611 bits per heavy atom. The predicted molar refractivity (Wildman–Crippen MR) is 89.7 cm³/mol. The number of pyridine rings is 1. The molecule has 0 saturated carbocycles. The van der Waals surface area contributed by atoms with Crippen molar-refractivity contribution in [2.45, 2.75) is 36.9 Å². The van der Waals surface area contributed by atoms with Crippen LogP contribution in [0.15, 0.2) is 30.3 Å². The average Bonchev–Trinajstić information content (AvgIpc) is 2.70. The first kappa shape index (κ1) is 31.8. The van der Waals surface area contributed by atoms with Crippen LogP contribution in [-0.4, -0.2) is 15.2 Å².